The summed E-state index contributed by atoms with van der Waals surface area (Å²) in [5, 5.41) is 9.10. The predicted molar refractivity (Wildman–Crippen MR) is 163 cm³/mol. The van der Waals surface area contributed by atoms with Crippen molar-refractivity contribution >= 4 is 35.5 Å². The molecule has 0 heterocycles. The molecule has 43 heavy (non-hydrogen) atoms. The number of carbonyl (C=O) groups excluding carboxylic acids is 4. The summed E-state index contributed by atoms with van der Waals surface area (Å²) in [6.45, 7) is -0.00415. The van der Waals surface area contributed by atoms with Crippen molar-refractivity contribution in [1.29, 1.82) is 0 Å². The first kappa shape index (κ1) is 32.3. The summed E-state index contributed by atoms with van der Waals surface area (Å²) in [5.41, 5.74) is 1.61. The normalized spacial score (nSPS) is 17.2. The van der Waals surface area contributed by atoms with Crippen LogP contribution in [-0.2, 0) is 36.9 Å². The Hall–Kier alpha value is -3.59. The molecule has 0 bridgehead atoms. The molecular formula is C33H42ClN3O6. The molecule has 0 aliphatic heterocycles. The zero-order valence-corrected chi connectivity index (χ0v) is 25.5. The van der Waals surface area contributed by atoms with Crippen molar-refractivity contribution in [3.05, 3.63) is 70.7 Å². The average molecular weight is 612 g/mol. The Morgan fingerprint density at radius 3 is 2.33 bits per heavy atom. The van der Waals surface area contributed by atoms with Crippen molar-refractivity contribution in [2.75, 3.05) is 7.11 Å². The molecule has 0 unspecified atom stereocenters. The largest absolute Gasteiger partial charge is 0.467 e. The molecule has 9 nitrogen and oxygen atoms in total. The van der Waals surface area contributed by atoms with Gasteiger partial charge in [-0.25, -0.2) is 9.59 Å². The van der Waals surface area contributed by atoms with Crippen LogP contribution in [0.3, 0.4) is 0 Å². The second-order valence-corrected chi connectivity index (χ2v) is 12.2. The minimum absolute atomic E-state index is 0.00415. The summed E-state index contributed by atoms with van der Waals surface area (Å²) in [6, 6.07) is 15.0. The van der Waals surface area contributed by atoms with Gasteiger partial charge in [0.25, 0.3) is 0 Å². The first-order chi connectivity index (χ1) is 20.7. The topological polar surface area (TPSA) is 123 Å². The maximum absolute atomic E-state index is 13.5. The van der Waals surface area contributed by atoms with E-state index in [1.807, 2.05) is 30.3 Å². The number of carbonyl (C=O) groups is 4. The van der Waals surface area contributed by atoms with Crippen LogP contribution < -0.4 is 16.0 Å². The molecule has 4 rings (SSSR count). The van der Waals surface area contributed by atoms with Gasteiger partial charge in [0, 0.05) is 17.0 Å². The third-order valence-electron chi connectivity index (χ3n) is 8.27. The van der Waals surface area contributed by atoms with E-state index in [1.54, 1.807) is 24.3 Å². The van der Waals surface area contributed by atoms with Gasteiger partial charge in [-0.1, -0.05) is 86.2 Å². The van der Waals surface area contributed by atoms with Crippen LogP contribution in [0.4, 0.5) is 4.79 Å². The molecule has 3 amide bonds. The lowest BCUT2D eigenvalue weighted by Crippen LogP contribution is -2.52. The molecule has 2 fully saturated rings. The van der Waals surface area contributed by atoms with Crippen molar-refractivity contribution in [3.63, 3.8) is 0 Å². The van der Waals surface area contributed by atoms with Gasteiger partial charge in [-0.05, 0) is 61.3 Å². The van der Waals surface area contributed by atoms with E-state index in [1.165, 1.54) is 7.11 Å². The Bertz CT molecular complexity index is 1250. The van der Waals surface area contributed by atoms with Gasteiger partial charge in [-0.3, -0.25) is 9.59 Å². The lowest BCUT2D eigenvalue weighted by atomic mass is 9.84. The van der Waals surface area contributed by atoms with E-state index >= 15 is 0 Å². The summed E-state index contributed by atoms with van der Waals surface area (Å²) in [6.07, 6.45) is 7.57. The summed E-state index contributed by atoms with van der Waals surface area (Å²) in [4.78, 5) is 51.7. The van der Waals surface area contributed by atoms with Crippen LogP contribution in [0.1, 0.15) is 75.3 Å². The van der Waals surface area contributed by atoms with Crippen LogP contribution in [0.5, 0.6) is 0 Å². The average Bonchev–Trinajstić information content (AvgIpc) is 3.76. The molecule has 2 aliphatic carbocycles. The highest BCUT2D eigenvalue weighted by Gasteiger charge is 2.43. The van der Waals surface area contributed by atoms with Crippen LogP contribution in [0.25, 0.3) is 0 Å². The fourth-order valence-electron chi connectivity index (χ4n) is 5.73. The maximum atomic E-state index is 13.5. The van der Waals surface area contributed by atoms with Gasteiger partial charge in [0.05, 0.1) is 7.11 Å². The Morgan fingerprint density at radius 2 is 1.65 bits per heavy atom. The Labute approximate surface area is 258 Å². The number of amides is 3. The lowest BCUT2D eigenvalue weighted by molar-refractivity contribution is -0.145. The third kappa shape index (κ3) is 10.6. The second kappa shape index (κ2) is 15.8. The SMILES string of the molecule is COC(=O)[C@H](CCC(=O)NC1(Cc2ccccc2)CC1)NC(=O)[C@H](CC1CCCCC1)NC(=O)OCc1cccc(Cl)c1. The first-order valence-corrected chi connectivity index (χ1v) is 15.5. The number of alkyl carbamates (subject to hydrolysis) is 1. The Morgan fingerprint density at radius 1 is 0.930 bits per heavy atom. The minimum atomic E-state index is -1.04. The van der Waals surface area contributed by atoms with Gasteiger partial charge in [0.15, 0.2) is 0 Å². The molecular weight excluding hydrogens is 570 g/mol. The molecule has 2 aliphatic rings. The van der Waals surface area contributed by atoms with Gasteiger partial charge < -0.3 is 25.4 Å². The fraction of sp³-hybridized carbons (Fsp3) is 0.515. The van der Waals surface area contributed by atoms with Crippen LogP contribution >= 0.6 is 11.6 Å². The number of ether oxygens (including phenoxy) is 2. The lowest BCUT2D eigenvalue weighted by Gasteiger charge is -2.27. The van der Waals surface area contributed by atoms with Gasteiger partial charge in [0.1, 0.15) is 18.7 Å². The Balaban J connectivity index is 1.33. The minimum Gasteiger partial charge on any atom is -0.467 e. The molecule has 10 heteroatoms. The van der Waals surface area contributed by atoms with Crippen molar-refractivity contribution in [2.24, 2.45) is 5.92 Å². The number of hydrogen-bond donors (Lipinski definition) is 3. The predicted octanol–water partition coefficient (Wildman–Crippen LogP) is 5.23. The molecule has 2 atom stereocenters. The van der Waals surface area contributed by atoms with Gasteiger partial charge in [0.2, 0.25) is 11.8 Å². The number of halogens is 1. The van der Waals surface area contributed by atoms with Crippen LogP contribution in [-0.4, -0.2) is 48.6 Å². The molecule has 0 radical (unpaired) electrons. The number of benzene rings is 2. The molecule has 2 aromatic carbocycles. The number of methoxy groups -OCH3 is 1. The van der Waals surface area contributed by atoms with E-state index < -0.39 is 30.1 Å². The van der Waals surface area contributed by atoms with Crippen molar-refractivity contribution in [1.82, 2.24) is 16.0 Å². The molecule has 0 spiro atoms. The van der Waals surface area contributed by atoms with Crippen molar-refractivity contribution in [3.8, 4) is 0 Å². The van der Waals surface area contributed by atoms with Crippen LogP contribution in [0.2, 0.25) is 5.02 Å². The van der Waals surface area contributed by atoms with E-state index in [0.29, 0.717) is 11.4 Å². The third-order valence-corrected chi connectivity index (χ3v) is 8.50. The van der Waals surface area contributed by atoms with Crippen LogP contribution in [0, 0.1) is 5.92 Å². The number of esters is 1. The highest BCUT2D eigenvalue weighted by Crippen LogP contribution is 2.38. The van der Waals surface area contributed by atoms with Gasteiger partial charge in [-0.15, -0.1) is 0 Å². The number of hydrogen-bond acceptors (Lipinski definition) is 6. The van der Waals surface area contributed by atoms with Crippen LogP contribution in [0.15, 0.2) is 54.6 Å². The Kier molecular flexibility index (Phi) is 11.8. The zero-order valence-electron chi connectivity index (χ0n) is 24.7. The molecule has 2 saturated carbocycles. The van der Waals surface area contributed by atoms with Crippen molar-refractivity contribution in [2.45, 2.75) is 94.9 Å². The summed E-state index contributed by atoms with van der Waals surface area (Å²) in [5.74, 6) is -1.08. The second-order valence-electron chi connectivity index (χ2n) is 11.8. The number of rotatable bonds is 14. The van der Waals surface area contributed by atoms with Crippen molar-refractivity contribution < 1.29 is 28.7 Å². The molecule has 2 aromatic rings. The zero-order chi connectivity index (χ0) is 30.7. The highest BCUT2D eigenvalue weighted by molar-refractivity contribution is 6.30. The van der Waals surface area contributed by atoms with E-state index in [4.69, 9.17) is 21.1 Å². The smallest absolute Gasteiger partial charge is 0.408 e. The quantitative estimate of drug-likeness (QED) is 0.251. The maximum Gasteiger partial charge on any atom is 0.408 e. The fourth-order valence-corrected chi connectivity index (χ4v) is 5.94. The standard InChI is InChI=1S/C33H42ClN3O6/c1-42-31(40)27(15-16-29(38)37-33(17-18-33)21-24-11-6-3-7-12-24)35-30(39)28(20-23-9-4-2-5-10-23)36-32(41)43-22-25-13-8-14-26(34)19-25/h3,6-8,11-14,19,23,27-28H,2,4-5,9-10,15-18,20-22H2,1H3,(H,35,39)(H,36,41)(H,37,38)/t27-,28-/m0/s1. The number of nitrogens with one attached hydrogen (secondary N) is 3. The van der Waals surface area contributed by atoms with E-state index in [9.17, 15) is 19.2 Å². The first-order valence-electron chi connectivity index (χ1n) is 15.2. The monoisotopic (exact) mass is 611 g/mol. The molecule has 232 valence electrons. The van der Waals surface area contributed by atoms with Gasteiger partial charge in [-0.2, -0.15) is 0 Å². The van der Waals surface area contributed by atoms with E-state index in [0.717, 1.165) is 62.5 Å². The van der Waals surface area contributed by atoms with E-state index in [-0.39, 0.29) is 36.8 Å². The molecule has 0 aromatic heterocycles. The summed E-state index contributed by atoms with van der Waals surface area (Å²) < 4.78 is 10.3. The molecule has 0 saturated heterocycles. The van der Waals surface area contributed by atoms with Gasteiger partial charge >= 0.3 is 12.1 Å². The van der Waals surface area contributed by atoms with E-state index in [2.05, 4.69) is 16.0 Å². The molecule has 3 N–H and O–H groups in total. The highest BCUT2D eigenvalue weighted by atomic mass is 35.5. The summed E-state index contributed by atoms with van der Waals surface area (Å²) >= 11 is 6.02. The summed E-state index contributed by atoms with van der Waals surface area (Å²) in [7, 11) is 1.24.